The van der Waals surface area contributed by atoms with Crippen LogP contribution in [0, 0.1) is 5.92 Å². The van der Waals surface area contributed by atoms with E-state index in [-0.39, 0.29) is 0 Å². The lowest BCUT2D eigenvalue weighted by molar-refractivity contribution is -0.00981. The Hall–Kier alpha value is -0.610. The van der Waals surface area contributed by atoms with Crippen LogP contribution in [0.4, 0.5) is 5.82 Å². The van der Waals surface area contributed by atoms with Crippen molar-refractivity contribution in [3.05, 3.63) is 22.8 Å². The molecule has 1 aromatic rings. The molecule has 0 radical (unpaired) electrons. The molecule has 1 aliphatic carbocycles. The highest BCUT2D eigenvalue weighted by atomic mass is 79.9. The number of pyridine rings is 1. The Labute approximate surface area is 97.3 Å². The summed E-state index contributed by atoms with van der Waals surface area (Å²) in [6.45, 7) is 1.46. The van der Waals surface area contributed by atoms with Crippen LogP contribution in [0.5, 0.6) is 0 Å². The average molecular weight is 269 g/mol. The second kappa shape index (κ2) is 3.19. The van der Waals surface area contributed by atoms with E-state index < -0.39 is 5.60 Å². The van der Waals surface area contributed by atoms with Gasteiger partial charge in [-0.15, -0.1) is 0 Å². The number of aromatic nitrogens is 1. The maximum Gasteiger partial charge on any atom is 0.143 e. The van der Waals surface area contributed by atoms with E-state index in [0.717, 1.165) is 23.4 Å². The van der Waals surface area contributed by atoms with E-state index in [2.05, 4.69) is 25.8 Å². The highest BCUT2D eigenvalue weighted by Crippen LogP contribution is 2.46. The fraction of sp³-hybridized carbons (Fsp3) is 0.545. The van der Waals surface area contributed by atoms with Crippen LogP contribution < -0.4 is 4.90 Å². The number of rotatable bonds is 2. The molecule has 0 spiro atoms. The van der Waals surface area contributed by atoms with E-state index in [4.69, 9.17) is 0 Å². The molecule has 4 heteroatoms. The van der Waals surface area contributed by atoms with Gasteiger partial charge in [-0.3, -0.25) is 0 Å². The highest BCUT2D eigenvalue weighted by Gasteiger charge is 2.52. The molecule has 1 N–H and O–H groups in total. The van der Waals surface area contributed by atoms with Gasteiger partial charge in [0.1, 0.15) is 11.4 Å². The van der Waals surface area contributed by atoms with E-state index in [0.29, 0.717) is 5.92 Å². The van der Waals surface area contributed by atoms with Crippen LogP contribution in [0.1, 0.15) is 12.8 Å². The van der Waals surface area contributed by atoms with Crippen LogP contribution >= 0.6 is 15.9 Å². The second-order valence-corrected chi connectivity index (χ2v) is 5.40. The van der Waals surface area contributed by atoms with Crippen LogP contribution in [0.3, 0.4) is 0 Å². The fourth-order valence-electron chi connectivity index (χ4n) is 2.25. The number of halogens is 1. The lowest BCUT2D eigenvalue weighted by Gasteiger charge is -2.47. The van der Waals surface area contributed by atoms with Gasteiger partial charge >= 0.3 is 0 Å². The molecule has 80 valence electrons. The normalized spacial score (nSPS) is 23.7. The summed E-state index contributed by atoms with van der Waals surface area (Å²) in [5.41, 5.74) is -0.434. The van der Waals surface area contributed by atoms with Gasteiger partial charge < -0.3 is 10.0 Å². The van der Waals surface area contributed by atoms with Gasteiger partial charge in [-0.25, -0.2) is 4.98 Å². The summed E-state index contributed by atoms with van der Waals surface area (Å²) in [5.74, 6) is 1.49. The largest absolute Gasteiger partial charge is 0.386 e. The molecule has 1 aliphatic heterocycles. The van der Waals surface area contributed by atoms with Crippen LogP contribution in [-0.4, -0.2) is 28.8 Å². The number of hydrogen-bond acceptors (Lipinski definition) is 3. The molecular weight excluding hydrogens is 256 g/mol. The maximum absolute atomic E-state index is 10.2. The average Bonchev–Trinajstić information content (AvgIpc) is 2.97. The zero-order valence-electron chi connectivity index (χ0n) is 8.36. The summed E-state index contributed by atoms with van der Waals surface area (Å²) in [5, 5.41) is 10.2. The Kier molecular flexibility index (Phi) is 2.04. The van der Waals surface area contributed by atoms with Gasteiger partial charge in [-0.2, -0.15) is 0 Å². The summed E-state index contributed by atoms with van der Waals surface area (Å²) in [7, 11) is 0. The van der Waals surface area contributed by atoms with E-state index in [1.54, 1.807) is 6.20 Å². The zero-order valence-corrected chi connectivity index (χ0v) is 9.94. The molecule has 0 amide bonds. The Bertz CT molecular complexity index is 386. The molecule has 2 fully saturated rings. The Balaban J connectivity index is 1.74. The Morgan fingerprint density at radius 1 is 1.47 bits per heavy atom. The maximum atomic E-state index is 10.2. The Morgan fingerprint density at radius 2 is 2.20 bits per heavy atom. The smallest absolute Gasteiger partial charge is 0.143 e. The van der Waals surface area contributed by atoms with Crippen molar-refractivity contribution in [3.8, 4) is 0 Å². The predicted octanol–water partition coefficient (Wildman–Crippen LogP) is 1.81. The zero-order chi connectivity index (χ0) is 10.5. The lowest BCUT2D eigenvalue weighted by atomic mass is 9.89. The minimum atomic E-state index is -0.434. The lowest BCUT2D eigenvalue weighted by Crippen LogP contribution is -2.63. The van der Waals surface area contributed by atoms with Gasteiger partial charge in [0.25, 0.3) is 0 Å². The molecule has 0 unspecified atom stereocenters. The molecule has 1 saturated carbocycles. The third-order valence-electron chi connectivity index (χ3n) is 3.31. The van der Waals surface area contributed by atoms with Crippen molar-refractivity contribution in [2.24, 2.45) is 5.92 Å². The van der Waals surface area contributed by atoms with Gasteiger partial charge in [0.15, 0.2) is 0 Å². The molecule has 1 aromatic heterocycles. The molecule has 0 aromatic carbocycles. The highest BCUT2D eigenvalue weighted by molar-refractivity contribution is 9.10. The summed E-state index contributed by atoms with van der Waals surface area (Å²) in [6.07, 6.45) is 4.16. The molecule has 2 aliphatic rings. The van der Waals surface area contributed by atoms with Crippen molar-refractivity contribution in [1.82, 2.24) is 4.98 Å². The third-order valence-corrected chi connectivity index (χ3v) is 3.92. The minimum Gasteiger partial charge on any atom is -0.386 e. The van der Waals surface area contributed by atoms with E-state index >= 15 is 0 Å². The SMILES string of the molecule is OC1(C2CC2)CN(c2ncccc2Br)C1. The van der Waals surface area contributed by atoms with Crippen LogP contribution in [0.15, 0.2) is 22.8 Å². The van der Waals surface area contributed by atoms with Crippen molar-refractivity contribution >= 4 is 21.7 Å². The van der Waals surface area contributed by atoms with Crippen LogP contribution in [-0.2, 0) is 0 Å². The molecular formula is C11H13BrN2O. The van der Waals surface area contributed by atoms with E-state index in [1.807, 2.05) is 12.1 Å². The third kappa shape index (κ3) is 1.56. The number of hydrogen-bond donors (Lipinski definition) is 1. The summed E-state index contributed by atoms with van der Waals surface area (Å²) < 4.78 is 1.00. The molecule has 0 bridgehead atoms. The predicted molar refractivity (Wildman–Crippen MR) is 61.8 cm³/mol. The first-order valence-electron chi connectivity index (χ1n) is 5.27. The van der Waals surface area contributed by atoms with E-state index in [9.17, 15) is 5.11 Å². The second-order valence-electron chi connectivity index (χ2n) is 4.54. The molecule has 15 heavy (non-hydrogen) atoms. The van der Waals surface area contributed by atoms with Crippen molar-refractivity contribution < 1.29 is 5.11 Å². The summed E-state index contributed by atoms with van der Waals surface area (Å²) >= 11 is 3.48. The first kappa shape index (κ1) is 9.60. The van der Waals surface area contributed by atoms with E-state index in [1.165, 1.54) is 12.8 Å². The van der Waals surface area contributed by atoms with Gasteiger partial charge in [-0.05, 0) is 46.8 Å². The molecule has 0 atom stereocenters. The fourth-order valence-corrected chi connectivity index (χ4v) is 2.76. The molecule has 2 heterocycles. The number of β-amino-alcohol motifs (C(OH)–C–C–N with tert-alkyl or cyclic N) is 1. The van der Waals surface area contributed by atoms with Crippen molar-refractivity contribution in [3.63, 3.8) is 0 Å². The topological polar surface area (TPSA) is 36.4 Å². The Morgan fingerprint density at radius 3 is 2.80 bits per heavy atom. The van der Waals surface area contributed by atoms with Gasteiger partial charge in [-0.1, -0.05) is 0 Å². The van der Waals surface area contributed by atoms with Crippen LogP contribution in [0.2, 0.25) is 0 Å². The van der Waals surface area contributed by atoms with Gasteiger partial charge in [0, 0.05) is 6.20 Å². The van der Waals surface area contributed by atoms with Crippen molar-refractivity contribution in [1.29, 1.82) is 0 Å². The van der Waals surface area contributed by atoms with Crippen molar-refractivity contribution in [2.45, 2.75) is 18.4 Å². The number of nitrogens with zero attached hydrogens (tertiary/aromatic N) is 2. The number of anilines is 1. The standard InChI is InChI=1S/C11H13BrN2O/c12-9-2-1-5-13-10(9)14-6-11(15,7-14)8-3-4-8/h1-2,5,8,15H,3-4,6-7H2. The summed E-state index contributed by atoms with van der Waals surface area (Å²) in [6, 6.07) is 3.89. The van der Waals surface area contributed by atoms with Crippen molar-refractivity contribution in [2.75, 3.05) is 18.0 Å². The molecule has 3 rings (SSSR count). The molecule has 1 saturated heterocycles. The van der Waals surface area contributed by atoms with Gasteiger partial charge in [0.2, 0.25) is 0 Å². The van der Waals surface area contributed by atoms with Crippen LogP contribution in [0.25, 0.3) is 0 Å². The first-order valence-corrected chi connectivity index (χ1v) is 6.06. The molecule has 3 nitrogen and oxygen atoms in total. The summed E-state index contributed by atoms with van der Waals surface area (Å²) in [4.78, 5) is 6.44. The first-order chi connectivity index (χ1) is 7.19. The number of aliphatic hydroxyl groups is 1. The monoisotopic (exact) mass is 268 g/mol. The minimum absolute atomic E-state index is 0.434. The quantitative estimate of drug-likeness (QED) is 0.889. The van der Waals surface area contributed by atoms with Gasteiger partial charge in [0.05, 0.1) is 17.6 Å².